The van der Waals surface area contributed by atoms with E-state index in [2.05, 4.69) is 15.5 Å². The number of hydrogen-bond donors (Lipinski definition) is 2. The van der Waals surface area contributed by atoms with Gasteiger partial charge in [-0.15, -0.1) is 0 Å². The molecule has 10 heteroatoms. The first-order valence-corrected chi connectivity index (χ1v) is 14.5. The molecule has 3 aliphatic heterocycles. The summed E-state index contributed by atoms with van der Waals surface area (Å²) >= 11 is 0. The van der Waals surface area contributed by atoms with Crippen molar-refractivity contribution < 1.29 is 23.9 Å². The van der Waals surface area contributed by atoms with Gasteiger partial charge in [0.2, 0.25) is 6.79 Å². The number of rotatable bonds is 5. The molecule has 0 radical (unpaired) electrons. The molecule has 2 fully saturated rings. The van der Waals surface area contributed by atoms with Gasteiger partial charge in [-0.05, 0) is 67.9 Å². The summed E-state index contributed by atoms with van der Waals surface area (Å²) in [5, 5.41) is 6.40. The van der Waals surface area contributed by atoms with Crippen LogP contribution >= 0.6 is 0 Å². The average molecular weight is 570 g/mol. The lowest BCUT2D eigenvalue weighted by atomic mass is 10.1. The van der Waals surface area contributed by atoms with E-state index < -0.39 is 0 Å². The Morgan fingerprint density at radius 3 is 2.31 bits per heavy atom. The maximum Gasteiger partial charge on any atom is 0.255 e. The van der Waals surface area contributed by atoms with Gasteiger partial charge in [-0.3, -0.25) is 14.4 Å². The highest BCUT2D eigenvalue weighted by molar-refractivity contribution is 6.07. The van der Waals surface area contributed by atoms with E-state index in [9.17, 15) is 14.4 Å². The number of anilines is 2. The Morgan fingerprint density at radius 2 is 1.43 bits per heavy atom. The van der Waals surface area contributed by atoms with Gasteiger partial charge in [-0.1, -0.05) is 18.2 Å². The maximum atomic E-state index is 13.5. The standard InChI is InChI=1S/C32H35N5O5/c38-30(24-9-11-28-29(21-24)42-22-41-28)34-26-20-25(32(40)36-14-4-12-33-13-17-36)8-10-27(26)35-15-5-16-37(19-18-35)31(39)23-6-2-1-3-7-23/h1-3,6-11,20-21,33H,4-5,12-19,22H2,(H,34,38). The summed E-state index contributed by atoms with van der Waals surface area (Å²) in [6, 6.07) is 19.9. The van der Waals surface area contributed by atoms with Crippen LogP contribution in [0.1, 0.15) is 43.9 Å². The summed E-state index contributed by atoms with van der Waals surface area (Å²) in [6.07, 6.45) is 1.67. The molecule has 3 heterocycles. The lowest BCUT2D eigenvalue weighted by Gasteiger charge is -2.27. The van der Waals surface area contributed by atoms with Crippen LogP contribution in [0.4, 0.5) is 11.4 Å². The molecule has 42 heavy (non-hydrogen) atoms. The first-order chi connectivity index (χ1) is 20.6. The molecule has 0 spiro atoms. The summed E-state index contributed by atoms with van der Waals surface area (Å²) in [7, 11) is 0. The topological polar surface area (TPSA) is 103 Å². The summed E-state index contributed by atoms with van der Waals surface area (Å²) in [5.41, 5.74) is 2.99. The van der Waals surface area contributed by atoms with Gasteiger partial charge in [0.15, 0.2) is 11.5 Å². The van der Waals surface area contributed by atoms with E-state index in [1.165, 1.54) is 0 Å². The van der Waals surface area contributed by atoms with Gasteiger partial charge >= 0.3 is 0 Å². The minimum absolute atomic E-state index is 0.0154. The molecule has 3 aromatic rings. The van der Waals surface area contributed by atoms with Crippen LogP contribution < -0.4 is 25.0 Å². The molecular weight excluding hydrogens is 534 g/mol. The zero-order valence-corrected chi connectivity index (χ0v) is 23.5. The highest BCUT2D eigenvalue weighted by atomic mass is 16.7. The third-order valence-corrected chi connectivity index (χ3v) is 7.90. The molecule has 3 amide bonds. The monoisotopic (exact) mass is 569 g/mol. The molecule has 3 aliphatic rings. The number of nitrogens with zero attached hydrogens (tertiary/aromatic N) is 3. The minimum Gasteiger partial charge on any atom is -0.454 e. The smallest absolute Gasteiger partial charge is 0.255 e. The van der Waals surface area contributed by atoms with Crippen molar-refractivity contribution in [2.75, 3.05) is 69.4 Å². The van der Waals surface area contributed by atoms with Gasteiger partial charge in [-0.25, -0.2) is 0 Å². The van der Waals surface area contributed by atoms with E-state index in [-0.39, 0.29) is 24.5 Å². The minimum atomic E-state index is -0.311. The van der Waals surface area contributed by atoms with Crippen molar-refractivity contribution in [3.63, 3.8) is 0 Å². The van der Waals surface area contributed by atoms with Gasteiger partial charge in [0.1, 0.15) is 0 Å². The fourth-order valence-corrected chi connectivity index (χ4v) is 5.63. The van der Waals surface area contributed by atoms with Crippen molar-refractivity contribution in [3.05, 3.63) is 83.4 Å². The van der Waals surface area contributed by atoms with Crippen molar-refractivity contribution >= 4 is 29.1 Å². The molecule has 218 valence electrons. The predicted molar refractivity (Wildman–Crippen MR) is 160 cm³/mol. The first-order valence-electron chi connectivity index (χ1n) is 14.5. The Morgan fingerprint density at radius 1 is 0.667 bits per heavy atom. The summed E-state index contributed by atoms with van der Waals surface area (Å²) in [4.78, 5) is 46.0. The third kappa shape index (κ3) is 6.03. The normalized spacial score (nSPS) is 16.9. The van der Waals surface area contributed by atoms with Crippen LogP contribution in [0.3, 0.4) is 0 Å². The number of ether oxygens (including phenoxy) is 2. The molecule has 0 unspecified atom stereocenters. The second-order valence-electron chi connectivity index (χ2n) is 10.6. The zero-order valence-electron chi connectivity index (χ0n) is 23.5. The van der Waals surface area contributed by atoms with E-state index in [4.69, 9.17) is 9.47 Å². The molecule has 2 saturated heterocycles. The largest absolute Gasteiger partial charge is 0.454 e. The maximum absolute atomic E-state index is 13.5. The molecule has 6 rings (SSSR count). The molecule has 0 aromatic heterocycles. The van der Waals surface area contributed by atoms with Crippen LogP contribution in [0.5, 0.6) is 11.5 Å². The van der Waals surface area contributed by atoms with Gasteiger partial charge in [0.25, 0.3) is 17.7 Å². The van der Waals surface area contributed by atoms with Crippen LogP contribution in [0, 0.1) is 0 Å². The Labute approximate surface area is 245 Å². The number of hydrogen-bond acceptors (Lipinski definition) is 7. The predicted octanol–water partition coefficient (Wildman–Crippen LogP) is 3.46. The molecule has 0 aliphatic carbocycles. The zero-order chi connectivity index (χ0) is 28.9. The van der Waals surface area contributed by atoms with Crippen molar-refractivity contribution in [2.24, 2.45) is 0 Å². The van der Waals surface area contributed by atoms with E-state index in [1.807, 2.05) is 52.3 Å². The quantitative estimate of drug-likeness (QED) is 0.485. The number of nitrogens with one attached hydrogen (secondary N) is 2. The lowest BCUT2D eigenvalue weighted by Crippen LogP contribution is -2.35. The van der Waals surface area contributed by atoms with Crippen molar-refractivity contribution in [1.29, 1.82) is 0 Å². The van der Waals surface area contributed by atoms with Crippen molar-refractivity contribution in [2.45, 2.75) is 12.8 Å². The molecule has 0 atom stereocenters. The first kappa shape index (κ1) is 27.6. The van der Waals surface area contributed by atoms with Crippen LogP contribution in [0.15, 0.2) is 66.7 Å². The fraction of sp³-hybridized carbons (Fsp3) is 0.344. The SMILES string of the molecule is O=C(Nc1cc(C(=O)N2CCCNCC2)ccc1N1CCCN(C(=O)c2ccccc2)CC1)c1ccc2c(c1)OCO2. The second-order valence-corrected chi connectivity index (χ2v) is 10.6. The van der Waals surface area contributed by atoms with Gasteiger partial charge in [-0.2, -0.15) is 0 Å². The molecule has 0 bridgehead atoms. The highest BCUT2D eigenvalue weighted by Gasteiger charge is 2.25. The number of carbonyl (C=O) groups is 3. The highest BCUT2D eigenvalue weighted by Crippen LogP contribution is 2.34. The van der Waals surface area contributed by atoms with Gasteiger partial charge < -0.3 is 34.8 Å². The van der Waals surface area contributed by atoms with E-state index >= 15 is 0 Å². The fourth-order valence-electron chi connectivity index (χ4n) is 5.63. The van der Waals surface area contributed by atoms with E-state index in [1.54, 1.807) is 24.3 Å². The number of benzene rings is 3. The Hall–Kier alpha value is -4.57. The van der Waals surface area contributed by atoms with Crippen molar-refractivity contribution in [3.8, 4) is 11.5 Å². The molecule has 10 nitrogen and oxygen atoms in total. The van der Waals surface area contributed by atoms with E-state index in [0.717, 1.165) is 31.6 Å². The third-order valence-electron chi connectivity index (χ3n) is 7.90. The summed E-state index contributed by atoms with van der Waals surface area (Å²) in [6.45, 7) is 5.57. The summed E-state index contributed by atoms with van der Waals surface area (Å²) < 4.78 is 10.9. The van der Waals surface area contributed by atoms with Gasteiger partial charge in [0, 0.05) is 62.5 Å². The Bertz CT molecular complexity index is 1450. The Balaban J connectivity index is 1.26. The average Bonchev–Trinajstić information content (AvgIpc) is 3.18. The van der Waals surface area contributed by atoms with Crippen LogP contribution in [0.25, 0.3) is 0 Å². The molecule has 3 aromatic carbocycles. The van der Waals surface area contributed by atoms with Crippen LogP contribution in [-0.4, -0.2) is 86.7 Å². The number of amides is 3. The summed E-state index contributed by atoms with van der Waals surface area (Å²) in [5.74, 6) is 0.776. The van der Waals surface area contributed by atoms with Crippen molar-refractivity contribution in [1.82, 2.24) is 15.1 Å². The van der Waals surface area contributed by atoms with Crippen LogP contribution in [0.2, 0.25) is 0 Å². The number of carbonyl (C=O) groups excluding carboxylic acids is 3. The Kier molecular flexibility index (Phi) is 8.23. The molecule has 2 N–H and O–H groups in total. The molecule has 0 saturated carbocycles. The van der Waals surface area contributed by atoms with Gasteiger partial charge in [0.05, 0.1) is 11.4 Å². The molecular formula is C32H35N5O5. The number of fused-ring (bicyclic) bond motifs is 1. The lowest BCUT2D eigenvalue weighted by molar-refractivity contribution is 0.0759. The van der Waals surface area contributed by atoms with Crippen LogP contribution in [-0.2, 0) is 0 Å². The van der Waals surface area contributed by atoms with E-state index in [0.29, 0.717) is 73.1 Å². The second kappa shape index (κ2) is 12.5.